The van der Waals surface area contributed by atoms with Crippen LogP contribution in [-0.2, 0) is 9.26 Å². The van der Waals surface area contributed by atoms with Gasteiger partial charge >= 0.3 is 0 Å². The Bertz CT molecular complexity index is 651. The second-order valence-electron chi connectivity index (χ2n) is 11.1. The number of hydrogen-bond acceptors (Lipinski definition) is 3. The van der Waals surface area contributed by atoms with E-state index in [1.54, 1.807) is 12.7 Å². The summed E-state index contributed by atoms with van der Waals surface area (Å²) in [6.07, 6.45) is 13.2. The average Bonchev–Trinajstić information content (AvgIpc) is 2.90. The van der Waals surface area contributed by atoms with E-state index in [-0.39, 0.29) is 0 Å². The van der Waals surface area contributed by atoms with Gasteiger partial charge in [-0.15, -0.1) is 0 Å². The fourth-order valence-corrected chi connectivity index (χ4v) is 8.57. The molecule has 6 atom stereocenters. The van der Waals surface area contributed by atoms with Gasteiger partial charge in [-0.2, -0.15) is 0 Å². The molecule has 0 aromatic carbocycles. The molecule has 1 unspecified atom stereocenters. The molecule has 0 aromatic rings. The van der Waals surface area contributed by atoms with Crippen molar-refractivity contribution in [2.45, 2.75) is 91.0 Å². The van der Waals surface area contributed by atoms with Crippen molar-refractivity contribution >= 4 is 14.0 Å². The molecule has 4 aliphatic carbocycles. The monoisotopic (exact) mass is 389 g/mol. The van der Waals surface area contributed by atoms with E-state index in [1.165, 1.54) is 44.9 Å². The zero-order chi connectivity index (χ0) is 19.4. The second kappa shape index (κ2) is 6.72. The van der Waals surface area contributed by atoms with Crippen LogP contribution in [0.5, 0.6) is 0 Å². The van der Waals surface area contributed by atoms with Crippen molar-refractivity contribution in [3.63, 3.8) is 0 Å². The lowest BCUT2D eigenvalue weighted by molar-refractivity contribution is -0.0675. The predicted molar refractivity (Wildman–Crippen MR) is 114 cm³/mol. The predicted octanol–water partition coefficient (Wildman–Crippen LogP) is 6.17. The first-order valence-electron chi connectivity index (χ1n) is 11.2. The van der Waals surface area contributed by atoms with Crippen molar-refractivity contribution in [2.24, 2.45) is 33.7 Å². The summed E-state index contributed by atoms with van der Waals surface area (Å²) in [6.45, 7) is 12.2. The van der Waals surface area contributed by atoms with Gasteiger partial charge in [0.2, 0.25) is 0 Å². The lowest BCUT2D eigenvalue weighted by Crippen LogP contribution is -2.52. The molecule has 0 bridgehead atoms. The number of nitrogens with zero attached hydrogens (tertiary/aromatic N) is 1. The zero-order valence-electron chi connectivity index (χ0n) is 18.3. The van der Waals surface area contributed by atoms with Crippen LogP contribution in [0.15, 0.2) is 16.8 Å². The van der Waals surface area contributed by atoms with Gasteiger partial charge in [-0.05, 0) is 106 Å². The van der Waals surface area contributed by atoms with Crippen LogP contribution in [0, 0.1) is 28.6 Å². The first-order chi connectivity index (χ1) is 12.7. The van der Waals surface area contributed by atoms with Gasteiger partial charge in [0.05, 0.1) is 11.8 Å². The third kappa shape index (κ3) is 3.25. The summed E-state index contributed by atoms with van der Waals surface area (Å²) in [6, 6.07) is 0. The molecule has 0 spiro atoms. The van der Waals surface area contributed by atoms with Gasteiger partial charge in [0.15, 0.2) is 8.32 Å². The molecule has 0 radical (unpaired) electrons. The smallest absolute Gasteiger partial charge is 0.184 e. The number of hydrogen-bond donors (Lipinski definition) is 0. The van der Waals surface area contributed by atoms with Crippen molar-refractivity contribution in [3.05, 3.63) is 11.6 Å². The van der Waals surface area contributed by atoms with Gasteiger partial charge in [-0.3, -0.25) is 0 Å². The lowest BCUT2D eigenvalue weighted by atomic mass is 9.47. The minimum atomic E-state index is -1.48. The van der Waals surface area contributed by atoms with E-state index in [1.807, 2.05) is 0 Å². The van der Waals surface area contributed by atoms with Crippen molar-refractivity contribution in [1.29, 1.82) is 0 Å². The standard InChI is InChI=1S/C23H39NO2Si/c1-22-13-11-17(24-25-3)15-16(22)7-8-18-19-9-10-21(26-27(4,5)6)23(19,2)14-12-20(18)22/h15,18-21H,7-14H2,1-6H3/b24-17-/t18-,19-,20-,21?,22-,23-/m0/s1. The number of allylic oxidation sites excluding steroid dienone is 2. The zero-order valence-corrected chi connectivity index (χ0v) is 19.3. The molecule has 4 aliphatic rings. The normalized spacial score (nSPS) is 45.7. The molecule has 3 saturated carbocycles. The Balaban J connectivity index is 1.58. The van der Waals surface area contributed by atoms with E-state index in [0.717, 1.165) is 29.9 Å². The number of fused-ring (bicyclic) bond motifs is 5. The van der Waals surface area contributed by atoms with Crippen molar-refractivity contribution in [1.82, 2.24) is 0 Å². The molecule has 0 N–H and O–H groups in total. The highest BCUT2D eigenvalue weighted by Gasteiger charge is 2.59. The highest BCUT2D eigenvalue weighted by atomic mass is 28.4. The minimum absolute atomic E-state index is 0.384. The SMILES string of the molecule is CO/N=C1\C=C2CC[C@@H]3[C@H](CC[C@]4(C)C(O[Si](C)(C)C)CC[C@@H]34)[C@@]2(C)CC1. The topological polar surface area (TPSA) is 30.8 Å². The summed E-state index contributed by atoms with van der Waals surface area (Å²) in [5.41, 5.74) is 3.60. The van der Waals surface area contributed by atoms with E-state index in [4.69, 9.17) is 9.26 Å². The number of rotatable bonds is 3. The summed E-state index contributed by atoms with van der Waals surface area (Å²) in [7, 11) is 0.182. The fourth-order valence-electron chi connectivity index (χ4n) is 7.33. The van der Waals surface area contributed by atoms with E-state index in [2.05, 4.69) is 44.7 Å². The van der Waals surface area contributed by atoms with E-state index in [9.17, 15) is 0 Å². The molecule has 0 aromatic heterocycles. The summed E-state index contributed by atoms with van der Waals surface area (Å²) < 4.78 is 6.72. The largest absolute Gasteiger partial charge is 0.414 e. The van der Waals surface area contributed by atoms with Crippen molar-refractivity contribution < 1.29 is 9.26 Å². The second-order valence-corrected chi connectivity index (χ2v) is 15.6. The maximum atomic E-state index is 6.72. The van der Waals surface area contributed by atoms with Crippen molar-refractivity contribution in [3.8, 4) is 0 Å². The molecule has 4 rings (SSSR count). The Morgan fingerprint density at radius 1 is 1.00 bits per heavy atom. The molecule has 152 valence electrons. The molecule has 0 amide bonds. The Morgan fingerprint density at radius 2 is 1.78 bits per heavy atom. The van der Waals surface area contributed by atoms with Crippen LogP contribution < -0.4 is 0 Å². The molecule has 3 fully saturated rings. The quantitative estimate of drug-likeness (QED) is 0.427. The van der Waals surface area contributed by atoms with E-state index >= 15 is 0 Å². The van der Waals surface area contributed by atoms with Gasteiger partial charge in [0.1, 0.15) is 7.11 Å². The maximum Gasteiger partial charge on any atom is 0.184 e. The first kappa shape index (κ1) is 19.7. The van der Waals surface area contributed by atoms with Crippen LogP contribution in [0.1, 0.15) is 65.2 Å². The molecule has 0 heterocycles. The summed E-state index contributed by atoms with van der Waals surface area (Å²) in [4.78, 5) is 5.05. The van der Waals surface area contributed by atoms with Crippen LogP contribution in [-0.4, -0.2) is 27.2 Å². The summed E-state index contributed by atoms with van der Waals surface area (Å²) >= 11 is 0. The number of oxime groups is 1. The van der Waals surface area contributed by atoms with Gasteiger partial charge in [0.25, 0.3) is 0 Å². The molecule has 0 aliphatic heterocycles. The molecule has 4 heteroatoms. The molecular weight excluding hydrogens is 350 g/mol. The fraction of sp³-hybridized carbons (Fsp3) is 0.870. The Morgan fingerprint density at radius 3 is 2.48 bits per heavy atom. The first-order valence-corrected chi connectivity index (χ1v) is 14.6. The van der Waals surface area contributed by atoms with Crippen LogP contribution in [0.3, 0.4) is 0 Å². The maximum absolute atomic E-state index is 6.72. The van der Waals surface area contributed by atoms with Crippen LogP contribution in [0.2, 0.25) is 19.6 Å². The molecular formula is C23H39NO2Si. The molecule has 0 saturated heterocycles. The Labute approximate surface area is 167 Å². The Hall–Kier alpha value is -0.613. The van der Waals surface area contributed by atoms with E-state index < -0.39 is 8.32 Å². The lowest BCUT2D eigenvalue weighted by Gasteiger charge is -2.58. The van der Waals surface area contributed by atoms with Gasteiger partial charge in [0, 0.05) is 0 Å². The average molecular weight is 390 g/mol. The third-order valence-electron chi connectivity index (χ3n) is 8.59. The molecule has 27 heavy (non-hydrogen) atoms. The van der Waals surface area contributed by atoms with Gasteiger partial charge < -0.3 is 9.26 Å². The highest BCUT2D eigenvalue weighted by molar-refractivity contribution is 6.69. The van der Waals surface area contributed by atoms with Crippen molar-refractivity contribution in [2.75, 3.05) is 7.11 Å². The van der Waals surface area contributed by atoms with Gasteiger partial charge in [-0.1, -0.05) is 24.6 Å². The molecule has 3 nitrogen and oxygen atoms in total. The summed E-state index contributed by atoms with van der Waals surface area (Å²) in [5, 5.41) is 4.25. The van der Waals surface area contributed by atoms with Crippen LogP contribution in [0.25, 0.3) is 0 Å². The Kier molecular flexibility index (Phi) is 4.90. The summed E-state index contributed by atoms with van der Waals surface area (Å²) in [5.74, 6) is 2.61. The minimum Gasteiger partial charge on any atom is -0.414 e. The van der Waals surface area contributed by atoms with Crippen LogP contribution in [0.4, 0.5) is 0 Å². The van der Waals surface area contributed by atoms with Crippen LogP contribution >= 0.6 is 0 Å². The third-order valence-corrected chi connectivity index (χ3v) is 9.59. The van der Waals surface area contributed by atoms with E-state index in [0.29, 0.717) is 16.9 Å². The highest BCUT2D eigenvalue weighted by Crippen LogP contribution is 2.65. The van der Waals surface area contributed by atoms with Gasteiger partial charge in [-0.25, -0.2) is 0 Å².